The second kappa shape index (κ2) is 9.67. The first-order valence-electron chi connectivity index (χ1n) is 10.2. The van der Waals surface area contributed by atoms with Crippen LogP contribution in [0.3, 0.4) is 0 Å². The summed E-state index contributed by atoms with van der Waals surface area (Å²) in [5.74, 6) is -1.90. The number of rotatable bonds is 4. The van der Waals surface area contributed by atoms with Gasteiger partial charge in [0.15, 0.2) is 0 Å². The Labute approximate surface area is 177 Å². The fraction of sp³-hybridized carbons (Fsp3) is 0.571. The Morgan fingerprint density at radius 1 is 1.35 bits per heavy atom. The van der Waals surface area contributed by atoms with Crippen LogP contribution in [0.4, 0.5) is 13.2 Å². The third-order valence-corrected chi connectivity index (χ3v) is 5.76. The molecule has 1 aromatic rings. The van der Waals surface area contributed by atoms with E-state index in [-0.39, 0.29) is 17.4 Å². The molecule has 2 saturated heterocycles. The van der Waals surface area contributed by atoms with Crippen LogP contribution < -0.4 is 4.74 Å². The highest BCUT2D eigenvalue weighted by Crippen LogP contribution is 2.41. The van der Waals surface area contributed by atoms with E-state index in [1.54, 1.807) is 6.20 Å². The van der Waals surface area contributed by atoms with Crippen LogP contribution in [0.5, 0.6) is 5.88 Å². The molecule has 3 aliphatic rings. The van der Waals surface area contributed by atoms with E-state index in [0.717, 1.165) is 57.4 Å². The summed E-state index contributed by atoms with van der Waals surface area (Å²) in [7, 11) is 0. The molecule has 31 heavy (non-hydrogen) atoms. The average Bonchev–Trinajstić information content (AvgIpc) is 3.42. The Morgan fingerprint density at radius 3 is 2.74 bits per heavy atom. The van der Waals surface area contributed by atoms with E-state index in [4.69, 9.17) is 19.4 Å². The van der Waals surface area contributed by atoms with Gasteiger partial charge in [0.1, 0.15) is 0 Å². The van der Waals surface area contributed by atoms with Gasteiger partial charge in [-0.2, -0.15) is 13.2 Å². The number of piperidine rings is 1. The van der Waals surface area contributed by atoms with Gasteiger partial charge in [-0.1, -0.05) is 12.1 Å². The Morgan fingerprint density at radius 2 is 2.13 bits per heavy atom. The van der Waals surface area contributed by atoms with Crippen molar-refractivity contribution in [3.63, 3.8) is 0 Å². The number of carbonyl (C=O) groups is 2. The lowest BCUT2D eigenvalue weighted by atomic mass is 9.77. The summed E-state index contributed by atoms with van der Waals surface area (Å²) >= 11 is 0. The number of allylic oxidation sites excluding steroid dienone is 1. The van der Waals surface area contributed by atoms with Crippen LogP contribution >= 0.6 is 0 Å². The quantitative estimate of drug-likeness (QED) is 0.770. The van der Waals surface area contributed by atoms with Crippen molar-refractivity contribution in [1.29, 1.82) is 0 Å². The number of hydrogen-bond donors (Lipinski definition) is 1. The summed E-state index contributed by atoms with van der Waals surface area (Å²) in [6.45, 7) is 2.81. The summed E-state index contributed by atoms with van der Waals surface area (Å²) in [4.78, 5) is 27.9. The zero-order valence-corrected chi connectivity index (χ0v) is 16.9. The number of amides is 1. The zero-order valence-electron chi connectivity index (χ0n) is 16.9. The maximum Gasteiger partial charge on any atom is 0.490 e. The molecule has 0 bridgehead atoms. The number of halogens is 3. The van der Waals surface area contributed by atoms with Crippen LogP contribution in [-0.4, -0.2) is 65.5 Å². The lowest BCUT2D eigenvalue weighted by Crippen LogP contribution is -2.54. The number of pyridine rings is 1. The number of aliphatic carboxylic acids is 1. The van der Waals surface area contributed by atoms with Crippen LogP contribution in [0.15, 0.2) is 36.0 Å². The summed E-state index contributed by atoms with van der Waals surface area (Å²) in [6, 6.07) is 5.67. The van der Waals surface area contributed by atoms with Gasteiger partial charge in [0.2, 0.25) is 11.8 Å². The van der Waals surface area contributed by atoms with E-state index < -0.39 is 12.1 Å². The van der Waals surface area contributed by atoms with Crippen molar-refractivity contribution in [1.82, 2.24) is 9.88 Å². The van der Waals surface area contributed by atoms with Gasteiger partial charge in [-0.25, -0.2) is 9.78 Å². The molecule has 2 aliphatic heterocycles. The lowest BCUT2D eigenvalue weighted by Gasteiger charge is -2.43. The molecular weight excluding hydrogens is 417 g/mol. The van der Waals surface area contributed by atoms with Crippen molar-refractivity contribution in [3.05, 3.63) is 36.0 Å². The fourth-order valence-corrected chi connectivity index (χ4v) is 4.15. The third kappa shape index (κ3) is 5.75. The van der Waals surface area contributed by atoms with Crippen molar-refractivity contribution in [2.75, 3.05) is 26.3 Å². The van der Waals surface area contributed by atoms with Gasteiger partial charge >= 0.3 is 12.1 Å². The number of nitrogens with zero attached hydrogens (tertiary/aromatic N) is 2. The molecule has 0 aromatic carbocycles. The number of ether oxygens (including phenoxy) is 2. The van der Waals surface area contributed by atoms with Crippen molar-refractivity contribution in [3.8, 4) is 5.88 Å². The van der Waals surface area contributed by atoms with Crippen LogP contribution in [-0.2, 0) is 14.3 Å². The number of aromatic nitrogens is 1. The SMILES string of the molecule is O=C(C1=CCCC1)N1CC[C@H]2OCC[C@@]2(COc2ccccn2)C1.O=C(O)C(F)(F)F. The lowest BCUT2D eigenvalue weighted by molar-refractivity contribution is -0.192. The molecule has 0 unspecified atom stereocenters. The molecule has 1 amide bonds. The van der Waals surface area contributed by atoms with Crippen molar-refractivity contribution >= 4 is 11.9 Å². The van der Waals surface area contributed by atoms with Crippen LogP contribution in [0, 0.1) is 5.41 Å². The topological polar surface area (TPSA) is 89.0 Å². The molecule has 0 radical (unpaired) electrons. The van der Waals surface area contributed by atoms with Gasteiger partial charge in [0.25, 0.3) is 0 Å². The minimum atomic E-state index is -5.08. The van der Waals surface area contributed by atoms with E-state index in [1.165, 1.54) is 0 Å². The molecule has 7 nitrogen and oxygen atoms in total. The minimum Gasteiger partial charge on any atom is -0.477 e. The first-order chi connectivity index (χ1) is 14.7. The molecular formula is C21H25F3N2O5. The standard InChI is InChI=1S/C19H24N2O3.C2HF3O2/c22-18(15-5-1-2-6-15)21-11-8-16-19(13-21,9-12-23-16)14-24-17-7-3-4-10-20-17;3-2(4,5)1(6)7/h3-5,7,10,16H,1-2,6,8-9,11-14H2;(H,6,7)/t16-,19+;/m1./s1. The molecule has 2 fully saturated rings. The molecule has 3 heterocycles. The van der Waals surface area contributed by atoms with Gasteiger partial charge in [-0.3, -0.25) is 4.79 Å². The molecule has 1 N–H and O–H groups in total. The number of alkyl halides is 3. The number of likely N-dealkylation sites (tertiary alicyclic amines) is 1. The predicted octanol–water partition coefficient (Wildman–Crippen LogP) is 3.21. The van der Waals surface area contributed by atoms with Crippen LogP contribution in [0.1, 0.15) is 32.1 Å². The van der Waals surface area contributed by atoms with Crippen molar-refractivity contribution in [2.24, 2.45) is 5.41 Å². The summed E-state index contributed by atoms with van der Waals surface area (Å²) in [5, 5.41) is 7.12. The second-order valence-corrected chi connectivity index (χ2v) is 7.87. The molecule has 170 valence electrons. The average molecular weight is 442 g/mol. The zero-order chi connectivity index (χ0) is 22.5. The highest BCUT2D eigenvalue weighted by atomic mass is 19.4. The second-order valence-electron chi connectivity index (χ2n) is 7.87. The Bertz CT molecular complexity index is 815. The van der Waals surface area contributed by atoms with E-state index in [9.17, 15) is 18.0 Å². The smallest absolute Gasteiger partial charge is 0.477 e. The summed E-state index contributed by atoms with van der Waals surface area (Å²) in [5.41, 5.74) is 0.887. The van der Waals surface area contributed by atoms with Crippen molar-refractivity contribution in [2.45, 2.75) is 44.4 Å². The molecule has 0 spiro atoms. The molecule has 4 rings (SSSR count). The molecule has 2 atom stereocenters. The maximum atomic E-state index is 12.8. The number of carboxylic acids is 1. The Balaban J connectivity index is 0.000000339. The highest BCUT2D eigenvalue weighted by Gasteiger charge is 2.49. The molecule has 0 saturated carbocycles. The van der Waals surface area contributed by atoms with E-state index in [1.807, 2.05) is 23.1 Å². The monoisotopic (exact) mass is 442 g/mol. The minimum absolute atomic E-state index is 0.107. The molecule has 10 heteroatoms. The fourth-order valence-electron chi connectivity index (χ4n) is 4.15. The number of carboxylic acid groups (broad SMARTS) is 1. The Hall–Kier alpha value is -2.62. The summed E-state index contributed by atoms with van der Waals surface area (Å²) < 4.78 is 43.6. The normalized spacial score (nSPS) is 25.2. The maximum absolute atomic E-state index is 12.8. The first kappa shape index (κ1) is 23.1. The van der Waals surface area contributed by atoms with Gasteiger partial charge in [0.05, 0.1) is 18.1 Å². The van der Waals surface area contributed by atoms with E-state index in [2.05, 4.69) is 11.1 Å². The Kier molecular flexibility index (Phi) is 7.19. The van der Waals surface area contributed by atoms with Gasteiger partial charge < -0.3 is 19.5 Å². The van der Waals surface area contributed by atoms with Gasteiger partial charge in [-0.05, 0) is 38.2 Å². The number of carbonyl (C=O) groups excluding carboxylic acids is 1. The van der Waals surface area contributed by atoms with E-state index in [0.29, 0.717) is 12.5 Å². The van der Waals surface area contributed by atoms with Crippen molar-refractivity contribution < 1.29 is 37.3 Å². The van der Waals surface area contributed by atoms with Gasteiger partial charge in [-0.15, -0.1) is 0 Å². The number of hydrogen-bond acceptors (Lipinski definition) is 5. The van der Waals surface area contributed by atoms with E-state index >= 15 is 0 Å². The first-order valence-corrected chi connectivity index (χ1v) is 10.2. The van der Waals surface area contributed by atoms with Crippen LogP contribution in [0.2, 0.25) is 0 Å². The third-order valence-electron chi connectivity index (χ3n) is 5.76. The summed E-state index contributed by atoms with van der Waals surface area (Å²) in [6.07, 6.45) is 3.84. The van der Waals surface area contributed by atoms with Crippen LogP contribution in [0.25, 0.3) is 0 Å². The molecule has 1 aliphatic carbocycles. The predicted molar refractivity (Wildman–Crippen MR) is 103 cm³/mol. The number of fused-ring (bicyclic) bond motifs is 1. The largest absolute Gasteiger partial charge is 0.490 e. The highest BCUT2D eigenvalue weighted by molar-refractivity contribution is 5.93. The molecule has 1 aromatic heterocycles. The van der Waals surface area contributed by atoms with Gasteiger partial charge in [0, 0.05) is 37.5 Å².